The number of ether oxygens (including phenoxy) is 1. The molecule has 3 aromatic rings. The van der Waals surface area contributed by atoms with Crippen molar-refractivity contribution in [1.29, 1.82) is 5.26 Å². The maximum atomic E-state index is 15.1. The van der Waals surface area contributed by atoms with Crippen LogP contribution < -0.4 is 0 Å². The summed E-state index contributed by atoms with van der Waals surface area (Å²) >= 11 is 0. The van der Waals surface area contributed by atoms with E-state index in [1.54, 1.807) is 6.20 Å². The normalized spacial score (nSPS) is 18.9. The number of hydrogen-bond acceptors (Lipinski definition) is 5. The first-order valence-electron chi connectivity index (χ1n) is 13.2. The van der Waals surface area contributed by atoms with E-state index in [4.69, 9.17) is 4.74 Å². The fraction of sp³-hybridized carbons (Fsp3) is 0.593. The molecule has 5 rings (SSSR count). The lowest BCUT2D eigenvalue weighted by atomic mass is 9.82. The Morgan fingerprint density at radius 1 is 1.19 bits per heavy atom. The highest BCUT2D eigenvalue weighted by Crippen LogP contribution is 2.39. The Morgan fingerprint density at radius 3 is 2.69 bits per heavy atom. The Hall–Kier alpha value is -2.54. The van der Waals surface area contributed by atoms with Gasteiger partial charge in [-0.25, -0.2) is 9.37 Å². The van der Waals surface area contributed by atoms with Gasteiger partial charge in [-0.2, -0.15) is 10.4 Å². The zero-order valence-corrected chi connectivity index (χ0v) is 22.7. The van der Waals surface area contributed by atoms with Crippen LogP contribution in [-0.4, -0.2) is 58.0 Å². The van der Waals surface area contributed by atoms with Crippen molar-refractivity contribution < 1.29 is 9.13 Å². The van der Waals surface area contributed by atoms with E-state index in [-0.39, 0.29) is 11.4 Å². The van der Waals surface area contributed by atoms with Crippen molar-refractivity contribution in [2.24, 2.45) is 0 Å². The number of pyridine rings is 1. The van der Waals surface area contributed by atoms with E-state index in [1.807, 2.05) is 27.7 Å². The lowest BCUT2D eigenvalue weighted by Gasteiger charge is -2.53. The molecule has 1 saturated heterocycles. The van der Waals surface area contributed by atoms with Crippen molar-refractivity contribution in [2.45, 2.75) is 82.5 Å². The second kappa shape index (κ2) is 10.1. The molecule has 1 aliphatic heterocycles. The van der Waals surface area contributed by atoms with Crippen molar-refractivity contribution in [3.8, 4) is 17.2 Å². The first kappa shape index (κ1) is 25.1. The summed E-state index contributed by atoms with van der Waals surface area (Å²) < 4.78 is 24.9. The summed E-state index contributed by atoms with van der Waals surface area (Å²) in [6.45, 7) is 9.75. The molecule has 0 radical (unpaired) electrons. The predicted octanol–water partition coefficient (Wildman–Crippen LogP) is 5.61. The Kier molecular flexibility index (Phi) is 7.03. The topological polar surface area (TPSA) is 71.9 Å². The predicted molar refractivity (Wildman–Crippen MR) is 142 cm³/mol. The molecule has 9 heteroatoms. The quantitative estimate of drug-likeness (QED) is 0.278. The number of fused-ring (bicyclic) bond motifs is 1. The Bertz CT molecular complexity index is 1240. The highest BCUT2D eigenvalue weighted by atomic mass is 28.3. The molecule has 0 spiro atoms. The van der Waals surface area contributed by atoms with Crippen LogP contribution in [0.4, 0.5) is 4.39 Å². The molecule has 0 bridgehead atoms. The number of likely N-dealkylation sites (tertiary alicyclic amines) is 1. The van der Waals surface area contributed by atoms with Crippen LogP contribution in [0.25, 0.3) is 22.2 Å². The standard InChI is InChI=1S/C27H37FN6OSi/c1-36(2,3)14-13-35-20-32-12-9-23-25(24(28)16-30-26(23)32)21-15-31-34(17-21)27(10-11-29)18-33(19-27)22-7-5-4-6-8-22/h9,12,15-17,22H,4-8,10,13-14,18-20H2,1-3H3. The molecule has 36 heavy (non-hydrogen) atoms. The van der Waals surface area contributed by atoms with Crippen LogP contribution in [0.1, 0.15) is 38.5 Å². The molecule has 3 aromatic heterocycles. The average Bonchev–Trinajstić information content (AvgIpc) is 3.46. The van der Waals surface area contributed by atoms with E-state index >= 15 is 4.39 Å². The second-order valence-electron chi connectivity index (χ2n) is 11.8. The number of nitriles is 1. The van der Waals surface area contributed by atoms with Crippen LogP contribution in [-0.2, 0) is 17.0 Å². The van der Waals surface area contributed by atoms with Crippen molar-refractivity contribution in [1.82, 2.24) is 24.2 Å². The first-order valence-corrected chi connectivity index (χ1v) is 16.9. The van der Waals surface area contributed by atoms with Crippen molar-refractivity contribution in [3.05, 3.63) is 36.7 Å². The third kappa shape index (κ3) is 4.99. The Balaban J connectivity index is 1.36. The van der Waals surface area contributed by atoms with Gasteiger partial charge in [0, 0.05) is 62.7 Å². The van der Waals surface area contributed by atoms with Crippen LogP contribution in [0.5, 0.6) is 0 Å². The summed E-state index contributed by atoms with van der Waals surface area (Å²) in [6.07, 6.45) is 13.6. The van der Waals surface area contributed by atoms with E-state index in [0.29, 0.717) is 36.0 Å². The van der Waals surface area contributed by atoms with E-state index in [9.17, 15) is 5.26 Å². The van der Waals surface area contributed by atoms with Gasteiger partial charge >= 0.3 is 0 Å². The summed E-state index contributed by atoms with van der Waals surface area (Å²) in [5, 5.41) is 15.0. The van der Waals surface area contributed by atoms with Crippen LogP contribution in [0.15, 0.2) is 30.9 Å². The molecule has 7 nitrogen and oxygen atoms in total. The van der Waals surface area contributed by atoms with Crippen molar-refractivity contribution >= 4 is 19.1 Å². The molecule has 2 fully saturated rings. The van der Waals surface area contributed by atoms with Gasteiger partial charge < -0.3 is 9.30 Å². The molecule has 0 aromatic carbocycles. The van der Waals surface area contributed by atoms with Gasteiger partial charge in [0.15, 0.2) is 0 Å². The summed E-state index contributed by atoms with van der Waals surface area (Å²) in [7, 11) is -1.16. The van der Waals surface area contributed by atoms with E-state index in [2.05, 4.69) is 40.7 Å². The number of rotatable bonds is 9. The monoisotopic (exact) mass is 508 g/mol. The van der Waals surface area contributed by atoms with Crippen molar-refractivity contribution in [2.75, 3.05) is 19.7 Å². The largest absolute Gasteiger partial charge is 0.361 e. The smallest absolute Gasteiger partial charge is 0.150 e. The first-order chi connectivity index (χ1) is 17.3. The molecule has 192 valence electrons. The van der Waals surface area contributed by atoms with Gasteiger partial charge in [-0.1, -0.05) is 38.9 Å². The van der Waals surface area contributed by atoms with E-state index in [0.717, 1.165) is 31.1 Å². The fourth-order valence-corrected chi connectivity index (χ4v) is 6.42. The molecule has 4 heterocycles. The maximum Gasteiger partial charge on any atom is 0.150 e. The third-order valence-electron chi connectivity index (χ3n) is 7.82. The van der Waals surface area contributed by atoms with Crippen LogP contribution in [0, 0.1) is 17.1 Å². The molecule has 0 N–H and O–H groups in total. The second-order valence-corrected chi connectivity index (χ2v) is 17.4. The van der Waals surface area contributed by atoms with Gasteiger partial charge in [0.25, 0.3) is 0 Å². The average molecular weight is 509 g/mol. The molecule has 2 aliphatic rings. The minimum absolute atomic E-state index is 0.344. The van der Waals surface area contributed by atoms with Gasteiger partial charge in [0.05, 0.1) is 24.9 Å². The van der Waals surface area contributed by atoms with E-state index in [1.165, 1.54) is 38.3 Å². The molecule has 0 amide bonds. The lowest BCUT2D eigenvalue weighted by Crippen LogP contribution is -2.65. The zero-order chi connectivity index (χ0) is 25.3. The number of halogens is 1. The summed E-state index contributed by atoms with van der Waals surface area (Å²) in [6, 6.07) is 5.99. The minimum Gasteiger partial charge on any atom is -0.361 e. The molecule has 0 unspecified atom stereocenters. The van der Waals surface area contributed by atoms with Gasteiger partial charge in [-0.15, -0.1) is 0 Å². The van der Waals surface area contributed by atoms with Gasteiger partial charge in [0.1, 0.15) is 23.7 Å². The Morgan fingerprint density at radius 2 is 1.97 bits per heavy atom. The SMILES string of the molecule is C[Si](C)(C)CCOCn1ccc2c(-c3cnn(C4(CC#N)CN(C5CCCCC5)C4)c3)c(F)cnc21. The van der Waals surface area contributed by atoms with Gasteiger partial charge in [-0.3, -0.25) is 9.58 Å². The number of hydrogen-bond donors (Lipinski definition) is 0. The molecule has 0 atom stereocenters. The minimum atomic E-state index is -1.16. The molecule has 1 saturated carbocycles. The fourth-order valence-electron chi connectivity index (χ4n) is 5.66. The summed E-state index contributed by atoms with van der Waals surface area (Å²) in [5.41, 5.74) is 1.57. The summed E-state index contributed by atoms with van der Waals surface area (Å²) in [5.74, 6) is -0.369. The zero-order valence-electron chi connectivity index (χ0n) is 21.7. The molecule has 1 aliphatic carbocycles. The van der Waals surface area contributed by atoms with Crippen molar-refractivity contribution in [3.63, 3.8) is 0 Å². The van der Waals surface area contributed by atoms with Crippen LogP contribution in [0.2, 0.25) is 25.7 Å². The lowest BCUT2D eigenvalue weighted by molar-refractivity contribution is -0.0358. The third-order valence-corrected chi connectivity index (χ3v) is 9.52. The summed E-state index contributed by atoms with van der Waals surface area (Å²) in [4.78, 5) is 6.87. The van der Waals surface area contributed by atoms with Gasteiger partial charge in [-0.05, 0) is 25.0 Å². The number of aromatic nitrogens is 4. The molecular formula is C27H37FN6OSi. The highest BCUT2D eigenvalue weighted by molar-refractivity contribution is 6.76. The Labute approximate surface area is 213 Å². The van der Waals surface area contributed by atoms with Gasteiger partial charge in [0.2, 0.25) is 0 Å². The highest BCUT2D eigenvalue weighted by Gasteiger charge is 2.47. The number of nitrogens with zero attached hydrogens (tertiary/aromatic N) is 6. The maximum absolute atomic E-state index is 15.1. The van der Waals surface area contributed by atoms with E-state index < -0.39 is 8.07 Å². The van der Waals surface area contributed by atoms with Crippen LogP contribution in [0.3, 0.4) is 0 Å². The molecular weight excluding hydrogens is 471 g/mol. The van der Waals surface area contributed by atoms with Crippen LogP contribution >= 0.6 is 0 Å².